The first-order chi connectivity index (χ1) is 12.1. The summed E-state index contributed by atoms with van der Waals surface area (Å²) in [5.74, 6) is 0.340. The van der Waals surface area contributed by atoms with E-state index in [-0.39, 0.29) is 29.8 Å². The van der Waals surface area contributed by atoms with Crippen molar-refractivity contribution >= 4 is 29.2 Å². The van der Waals surface area contributed by atoms with Gasteiger partial charge in [-0.15, -0.1) is 0 Å². The lowest BCUT2D eigenvalue weighted by Crippen LogP contribution is -2.52. The molecule has 5 rings (SSSR count). The Morgan fingerprint density at radius 3 is 2.72 bits per heavy atom. The van der Waals surface area contributed by atoms with Gasteiger partial charge in [-0.3, -0.25) is 9.59 Å². The normalized spacial score (nSPS) is 36.0. The zero-order chi connectivity index (χ0) is 17.1. The van der Waals surface area contributed by atoms with Gasteiger partial charge in [0.15, 0.2) is 0 Å². The molecule has 5 unspecified atom stereocenters. The van der Waals surface area contributed by atoms with Crippen molar-refractivity contribution < 1.29 is 14.3 Å². The molecule has 0 spiro atoms. The lowest BCUT2D eigenvalue weighted by atomic mass is 9.79. The van der Waals surface area contributed by atoms with E-state index < -0.39 is 0 Å². The average Bonchev–Trinajstić information content (AvgIpc) is 3.23. The third-order valence-electron chi connectivity index (χ3n) is 6.53. The second kappa shape index (κ2) is 5.63. The Bertz CT molecular complexity index is 729. The zero-order valence-electron chi connectivity index (χ0n) is 13.9. The molecule has 2 saturated heterocycles. The number of piperazine rings is 1. The Hall–Kier alpha value is -1.75. The first kappa shape index (κ1) is 15.5. The molecule has 1 amide bonds. The van der Waals surface area contributed by atoms with E-state index in [2.05, 4.69) is 4.90 Å². The van der Waals surface area contributed by atoms with E-state index in [1.807, 2.05) is 29.2 Å². The van der Waals surface area contributed by atoms with Gasteiger partial charge in [-0.05, 0) is 37.0 Å². The van der Waals surface area contributed by atoms with Gasteiger partial charge < -0.3 is 14.5 Å². The molecule has 1 aromatic carbocycles. The van der Waals surface area contributed by atoms with E-state index in [9.17, 15) is 9.59 Å². The van der Waals surface area contributed by atoms with Crippen LogP contribution in [0.2, 0.25) is 5.02 Å². The third-order valence-corrected chi connectivity index (χ3v) is 6.77. The number of fused-ring (bicyclic) bond motifs is 1. The molecule has 0 N–H and O–H groups in total. The van der Waals surface area contributed by atoms with Gasteiger partial charge in [0, 0.05) is 42.8 Å². The van der Waals surface area contributed by atoms with Crippen LogP contribution in [0.4, 0.5) is 5.69 Å². The van der Waals surface area contributed by atoms with E-state index in [4.69, 9.17) is 16.3 Å². The van der Waals surface area contributed by atoms with Crippen LogP contribution in [0.25, 0.3) is 0 Å². The number of nitrogens with zero attached hydrogens (tertiary/aromatic N) is 2. The molecular weight excluding hydrogens is 340 g/mol. The number of anilines is 1. The highest BCUT2D eigenvalue weighted by molar-refractivity contribution is 6.30. The van der Waals surface area contributed by atoms with Gasteiger partial charge in [-0.2, -0.15) is 0 Å². The second-order valence-electron chi connectivity index (χ2n) is 7.71. The predicted octanol–water partition coefficient (Wildman–Crippen LogP) is 2.19. The van der Waals surface area contributed by atoms with E-state index in [0.29, 0.717) is 24.9 Å². The minimum absolute atomic E-state index is 0.0891. The zero-order valence-corrected chi connectivity index (χ0v) is 14.7. The van der Waals surface area contributed by atoms with Gasteiger partial charge in [-0.1, -0.05) is 17.7 Å². The molecule has 0 radical (unpaired) electrons. The Labute approximate surface area is 151 Å². The van der Waals surface area contributed by atoms with E-state index >= 15 is 0 Å². The SMILES string of the molecule is O=C1OC2CC3CC2C1C3C(=O)N1CCN(c2cccc(Cl)c2)CC1. The fraction of sp³-hybridized carbons (Fsp3) is 0.579. The van der Waals surface area contributed by atoms with E-state index in [1.165, 1.54) is 0 Å². The molecule has 132 valence electrons. The van der Waals surface area contributed by atoms with E-state index in [0.717, 1.165) is 36.6 Å². The molecule has 25 heavy (non-hydrogen) atoms. The molecule has 1 aromatic rings. The molecule has 2 bridgehead atoms. The van der Waals surface area contributed by atoms with Gasteiger partial charge in [0.05, 0.1) is 11.8 Å². The minimum atomic E-state index is -0.179. The molecule has 2 saturated carbocycles. The topological polar surface area (TPSA) is 49.9 Å². The molecule has 5 atom stereocenters. The number of rotatable bonds is 2. The summed E-state index contributed by atoms with van der Waals surface area (Å²) in [5.41, 5.74) is 1.10. The molecule has 5 nitrogen and oxygen atoms in total. The van der Waals surface area contributed by atoms with Crippen LogP contribution in [0, 0.1) is 23.7 Å². The van der Waals surface area contributed by atoms with Gasteiger partial charge in [0.2, 0.25) is 5.91 Å². The standard InChI is InChI=1S/C19H21ClN2O3/c20-12-2-1-3-13(10-12)21-4-6-22(7-5-21)18(23)16-11-8-14-15(9-11)25-19(24)17(14)16/h1-3,10-11,14-17H,4-9H2. The largest absolute Gasteiger partial charge is 0.462 e. The maximum absolute atomic E-state index is 13.1. The Kier molecular flexibility index (Phi) is 3.49. The summed E-state index contributed by atoms with van der Waals surface area (Å²) in [6.07, 6.45) is 1.96. The highest BCUT2D eigenvalue weighted by atomic mass is 35.5. The number of ether oxygens (including phenoxy) is 1. The Morgan fingerprint density at radius 2 is 1.96 bits per heavy atom. The van der Waals surface area contributed by atoms with Crippen LogP contribution in [0.15, 0.2) is 24.3 Å². The van der Waals surface area contributed by atoms with Crippen molar-refractivity contribution in [1.82, 2.24) is 4.90 Å². The maximum atomic E-state index is 13.1. The van der Waals surface area contributed by atoms with Crippen molar-refractivity contribution in [2.75, 3.05) is 31.1 Å². The summed E-state index contributed by atoms with van der Waals surface area (Å²) in [4.78, 5) is 29.5. The lowest BCUT2D eigenvalue weighted by Gasteiger charge is -2.38. The fourth-order valence-corrected chi connectivity index (χ4v) is 5.59. The van der Waals surface area contributed by atoms with Crippen molar-refractivity contribution in [3.63, 3.8) is 0 Å². The van der Waals surface area contributed by atoms with Crippen LogP contribution in [0.5, 0.6) is 0 Å². The molecule has 0 aromatic heterocycles. The van der Waals surface area contributed by atoms with E-state index in [1.54, 1.807) is 0 Å². The Morgan fingerprint density at radius 1 is 1.16 bits per heavy atom. The molecule has 6 heteroatoms. The van der Waals surface area contributed by atoms with Gasteiger partial charge in [-0.25, -0.2) is 0 Å². The Balaban J connectivity index is 1.27. The molecule has 2 aliphatic carbocycles. The number of amides is 1. The van der Waals surface area contributed by atoms with Crippen molar-refractivity contribution in [2.45, 2.75) is 18.9 Å². The summed E-state index contributed by atoms with van der Waals surface area (Å²) >= 11 is 6.08. The third kappa shape index (κ3) is 2.35. The van der Waals surface area contributed by atoms with Crippen LogP contribution < -0.4 is 4.90 Å². The van der Waals surface area contributed by atoms with Gasteiger partial charge >= 0.3 is 5.97 Å². The second-order valence-corrected chi connectivity index (χ2v) is 8.15. The summed E-state index contributed by atoms with van der Waals surface area (Å²) in [5, 5.41) is 0.729. The molecule has 4 aliphatic rings. The predicted molar refractivity (Wildman–Crippen MR) is 93.3 cm³/mol. The van der Waals surface area contributed by atoms with Crippen molar-refractivity contribution in [2.24, 2.45) is 23.7 Å². The summed E-state index contributed by atoms with van der Waals surface area (Å²) in [6, 6.07) is 7.83. The van der Waals surface area contributed by atoms with Crippen molar-refractivity contribution in [1.29, 1.82) is 0 Å². The number of esters is 1. The fourth-order valence-electron chi connectivity index (χ4n) is 5.41. The number of hydrogen-bond donors (Lipinski definition) is 0. The first-order valence-electron chi connectivity index (χ1n) is 9.11. The highest BCUT2D eigenvalue weighted by Crippen LogP contribution is 2.58. The number of halogens is 1. The number of benzene rings is 1. The minimum Gasteiger partial charge on any atom is -0.462 e. The van der Waals surface area contributed by atoms with Gasteiger partial charge in [0.25, 0.3) is 0 Å². The molecule has 2 heterocycles. The molecule has 2 aliphatic heterocycles. The molecular formula is C19H21ClN2O3. The number of carbonyl (C=O) groups excluding carboxylic acids is 2. The van der Waals surface area contributed by atoms with Crippen LogP contribution >= 0.6 is 11.6 Å². The van der Waals surface area contributed by atoms with Crippen LogP contribution in [-0.4, -0.2) is 49.1 Å². The smallest absolute Gasteiger partial charge is 0.310 e. The van der Waals surface area contributed by atoms with Crippen molar-refractivity contribution in [3.05, 3.63) is 29.3 Å². The van der Waals surface area contributed by atoms with Crippen molar-refractivity contribution in [3.8, 4) is 0 Å². The van der Waals surface area contributed by atoms with Gasteiger partial charge in [0.1, 0.15) is 6.10 Å². The monoisotopic (exact) mass is 360 g/mol. The quantitative estimate of drug-likeness (QED) is 0.759. The first-order valence-corrected chi connectivity index (χ1v) is 9.49. The summed E-state index contributed by atoms with van der Waals surface area (Å²) in [6.45, 7) is 2.99. The van der Waals surface area contributed by atoms with Crippen LogP contribution in [0.1, 0.15) is 12.8 Å². The number of hydrogen-bond acceptors (Lipinski definition) is 4. The van der Waals surface area contributed by atoms with Crippen LogP contribution in [-0.2, 0) is 14.3 Å². The highest BCUT2D eigenvalue weighted by Gasteiger charge is 2.64. The average molecular weight is 361 g/mol. The lowest BCUT2D eigenvalue weighted by molar-refractivity contribution is -0.148. The van der Waals surface area contributed by atoms with Crippen LogP contribution in [0.3, 0.4) is 0 Å². The summed E-state index contributed by atoms with van der Waals surface area (Å²) in [7, 11) is 0. The summed E-state index contributed by atoms with van der Waals surface area (Å²) < 4.78 is 5.46. The number of carbonyl (C=O) groups is 2. The maximum Gasteiger partial charge on any atom is 0.310 e. The molecule has 4 fully saturated rings.